The number of hydrogen-bond donors (Lipinski definition) is 2. The standard InChI is InChI=1S/C8H8ClN5O2/c1-4-13-5(16-14-4)2-10-7-6(9)8(15)12-3-11-7/h3H,2H2,1H3,(H2,10,11,12,15). The van der Waals surface area contributed by atoms with Gasteiger partial charge in [0, 0.05) is 0 Å². The van der Waals surface area contributed by atoms with E-state index in [2.05, 4.69) is 25.4 Å². The van der Waals surface area contributed by atoms with Crippen LogP contribution in [0.1, 0.15) is 11.7 Å². The minimum Gasteiger partial charge on any atom is -0.360 e. The van der Waals surface area contributed by atoms with E-state index in [9.17, 15) is 4.79 Å². The third-order valence-corrected chi connectivity index (χ3v) is 2.12. The van der Waals surface area contributed by atoms with E-state index >= 15 is 0 Å². The zero-order valence-corrected chi connectivity index (χ0v) is 9.08. The van der Waals surface area contributed by atoms with Crippen molar-refractivity contribution in [2.75, 3.05) is 5.32 Å². The fourth-order valence-electron chi connectivity index (χ4n) is 1.08. The summed E-state index contributed by atoms with van der Waals surface area (Å²) < 4.78 is 4.88. The van der Waals surface area contributed by atoms with E-state index in [1.54, 1.807) is 6.92 Å². The Morgan fingerprint density at radius 2 is 2.44 bits per heavy atom. The molecule has 0 aliphatic carbocycles. The van der Waals surface area contributed by atoms with Crippen LogP contribution in [0.15, 0.2) is 15.6 Å². The summed E-state index contributed by atoms with van der Waals surface area (Å²) in [6.07, 6.45) is 1.26. The van der Waals surface area contributed by atoms with Crippen molar-refractivity contribution in [1.82, 2.24) is 20.1 Å². The maximum Gasteiger partial charge on any atom is 0.271 e. The van der Waals surface area contributed by atoms with Gasteiger partial charge in [-0.1, -0.05) is 16.8 Å². The fourth-order valence-corrected chi connectivity index (χ4v) is 1.25. The number of anilines is 1. The van der Waals surface area contributed by atoms with Gasteiger partial charge < -0.3 is 14.8 Å². The molecule has 0 amide bonds. The van der Waals surface area contributed by atoms with Gasteiger partial charge in [0.2, 0.25) is 5.89 Å². The van der Waals surface area contributed by atoms with Gasteiger partial charge in [0.25, 0.3) is 5.56 Å². The summed E-state index contributed by atoms with van der Waals surface area (Å²) in [5.41, 5.74) is -0.402. The van der Waals surface area contributed by atoms with E-state index in [0.29, 0.717) is 11.7 Å². The number of nitrogens with zero attached hydrogens (tertiary/aromatic N) is 3. The van der Waals surface area contributed by atoms with E-state index in [-0.39, 0.29) is 17.4 Å². The van der Waals surface area contributed by atoms with Gasteiger partial charge in [-0.15, -0.1) is 0 Å². The molecule has 2 aromatic rings. The molecular formula is C8H8ClN5O2. The highest BCUT2D eigenvalue weighted by Gasteiger charge is 2.07. The van der Waals surface area contributed by atoms with E-state index in [0.717, 1.165) is 0 Å². The number of hydrogen-bond acceptors (Lipinski definition) is 6. The lowest BCUT2D eigenvalue weighted by molar-refractivity contribution is 0.379. The minimum absolute atomic E-state index is 0.00117. The Bertz CT molecular complexity index is 549. The first-order chi connectivity index (χ1) is 7.66. The van der Waals surface area contributed by atoms with Crippen LogP contribution in [0.25, 0.3) is 0 Å². The van der Waals surface area contributed by atoms with Gasteiger partial charge in [-0.2, -0.15) is 4.98 Å². The molecule has 84 valence electrons. The van der Waals surface area contributed by atoms with Crippen LogP contribution in [0.5, 0.6) is 0 Å². The van der Waals surface area contributed by atoms with Crippen molar-refractivity contribution in [3.8, 4) is 0 Å². The Balaban J connectivity index is 2.10. The molecular weight excluding hydrogens is 234 g/mol. The average Bonchev–Trinajstić information content (AvgIpc) is 2.67. The molecule has 7 nitrogen and oxygen atoms in total. The molecule has 2 rings (SSSR count). The van der Waals surface area contributed by atoms with Crippen molar-refractivity contribution < 1.29 is 4.52 Å². The van der Waals surface area contributed by atoms with Crippen molar-refractivity contribution in [3.05, 3.63) is 33.4 Å². The second-order valence-corrected chi connectivity index (χ2v) is 3.36. The highest BCUT2D eigenvalue weighted by molar-refractivity contribution is 6.32. The van der Waals surface area contributed by atoms with Crippen molar-refractivity contribution in [2.45, 2.75) is 13.5 Å². The number of rotatable bonds is 3. The summed E-state index contributed by atoms with van der Waals surface area (Å²) in [4.78, 5) is 21.3. The van der Waals surface area contributed by atoms with Crippen LogP contribution in [0, 0.1) is 6.92 Å². The van der Waals surface area contributed by atoms with Crippen LogP contribution in [0.3, 0.4) is 0 Å². The molecule has 0 fully saturated rings. The Morgan fingerprint density at radius 3 is 3.12 bits per heavy atom. The Labute approximate surface area is 94.9 Å². The fraction of sp³-hybridized carbons (Fsp3) is 0.250. The van der Waals surface area contributed by atoms with Gasteiger partial charge in [0.05, 0.1) is 12.9 Å². The molecule has 0 unspecified atom stereocenters. The zero-order valence-electron chi connectivity index (χ0n) is 8.32. The topological polar surface area (TPSA) is 96.7 Å². The maximum atomic E-state index is 11.1. The van der Waals surface area contributed by atoms with Crippen molar-refractivity contribution >= 4 is 17.4 Å². The summed E-state index contributed by atoms with van der Waals surface area (Å²) in [6.45, 7) is 1.97. The van der Waals surface area contributed by atoms with Gasteiger partial charge in [0.1, 0.15) is 5.02 Å². The summed E-state index contributed by atoms with van der Waals surface area (Å²) in [5, 5.41) is 6.44. The monoisotopic (exact) mass is 241 g/mol. The third kappa shape index (κ3) is 2.19. The third-order valence-electron chi connectivity index (χ3n) is 1.77. The lowest BCUT2D eigenvalue weighted by Crippen LogP contribution is -2.11. The second kappa shape index (κ2) is 4.31. The van der Waals surface area contributed by atoms with Gasteiger partial charge in [-0.05, 0) is 6.92 Å². The normalized spacial score (nSPS) is 10.4. The first kappa shape index (κ1) is 10.6. The molecule has 0 aliphatic heterocycles. The lowest BCUT2D eigenvalue weighted by Gasteiger charge is -2.02. The molecule has 0 radical (unpaired) electrons. The molecule has 0 aliphatic rings. The Morgan fingerprint density at radius 1 is 1.62 bits per heavy atom. The Hall–Kier alpha value is -1.89. The average molecular weight is 242 g/mol. The lowest BCUT2D eigenvalue weighted by atomic mass is 10.5. The molecule has 16 heavy (non-hydrogen) atoms. The van der Waals surface area contributed by atoms with Gasteiger partial charge in [-0.3, -0.25) is 4.79 Å². The minimum atomic E-state index is -0.402. The Kier molecular flexibility index (Phi) is 2.86. The second-order valence-electron chi connectivity index (χ2n) is 2.98. The molecule has 2 heterocycles. The summed E-state index contributed by atoms with van der Waals surface area (Å²) >= 11 is 5.73. The zero-order chi connectivity index (χ0) is 11.5. The van der Waals surface area contributed by atoms with Crippen LogP contribution in [0.4, 0.5) is 5.82 Å². The van der Waals surface area contributed by atoms with Crippen LogP contribution < -0.4 is 10.9 Å². The maximum absolute atomic E-state index is 11.1. The van der Waals surface area contributed by atoms with Gasteiger partial charge >= 0.3 is 0 Å². The quantitative estimate of drug-likeness (QED) is 0.822. The number of aryl methyl sites for hydroxylation is 1. The molecule has 0 spiro atoms. The predicted octanol–water partition coefficient (Wildman–Crippen LogP) is 0.727. The molecule has 2 aromatic heterocycles. The SMILES string of the molecule is Cc1noc(CNc2nc[nH]c(=O)c2Cl)n1. The first-order valence-corrected chi connectivity index (χ1v) is 4.81. The van der Waals surface area contributed by atoms with E-state index < -0.39 is 5.56 Å². The summed E-state index contributed by atoms with van der Waals surface area (Å²) in [5.74, 6) is 1.22. The molecule has 0 aromatic carbocycles. The smallest absolute Gasteiger partial charge is 0.271 e. The van der Waals surface area contributed by atoms with Crippen LogP contribution in [-0.4, -0.2) is 20.1 Å². The molecule has 0 bridgehead atoms. The number of nitrogens with one attached hydrogen (secondary N) is 2. The number of H-pyrrole nitrogens is 1. The molecule has 8 heteroatoms. The van der Waals surface area contributed by atoms with E-state index in [1.807, 2.05) is 0 Å². The van der Waals surface area contributed by atoms with Crippen LogP contribution in [-0.2, 0) is 6.54 Å². The molecule has 0 saturated heterocycles. The molecule has 0 saturated carbocycles. The number of aromatic nitrogens is 4. The van der Waals surface area contributed by atoms with Crippen molar-refractivity contribution in [1.29, 1.82) is 0 Å². The molecule has 0 atom stereocenters. The number of halogens is 1. The van der Waals surface area contributed by atoms with Crippen LogP contribution in [0.2, 0.25) is 5.02 Å². The summed E-state index contributed by atoms with van der Waals surface area (Å²) in [6, 6.07) is 0. The first-order valence-electron chi connectivity index (χ1n) is 4.43. The summed E-state index contributed by atoms with van der Waals surface area (Å²) in [7, 11) is 0. The predicted molar refractivity (Wildman–Crippen MR) is 56.2 cm³/mol. The van der Waals surface area contributed by atoms with E-state index in [4.69, 9.17) is 16.1 Å². The highest BCUT2D eigenvalue weighted by atomic mass is 35.5. The van der Waals surface area contributed by atoms with Gasteiger partial charge in [0.15, 0.2) is 11.6 Å². The van der Waals surface area contributed by atoms with E-state index in [1.165, 1.54) is 6.33 Å². The highest BCUT2D eigenvalue weighted by Crippen LogP contribution is 2.12. The van der Waals surface area contributed by atoms with Crippen molar-refractivity contribution in [3.63, 3.8) is 0 Å². The molecule has 2 N–H and O–H groups in total. The number of aromatic amines is 1. The van der Waals surface area contributed by atoms with Crippen molar-refractivity contribution in [2.24, 2.45) is 0 Å². The van der Waals surface area contributed by atoms with Gasteiger partial charge in [-0.25, -0.2) is 4.98 Å². The largest absolute Gasteiger partial charge is 0.360 e. The van der Waals surface area contributed by atoms with Crippen LogP contribution >= 0.6 is 11.6 Å².